The smallest absolute Gasteiger partial charge is 0.0541 e. The van der Waals surface area contributed by atoms with Crippen molar-refractivity contribution in [3.05, 3.63) is 191 Å². The van der Waals surface area contributed by atoms with Crippen LogP contribution in [0.2, 0.25) is 0 Å². The van der Waals surface area contributed by atoms with Gasteiger partial charge in [0.2, 0.25) is 0 Å². The summed E-state index contributed by atoms with van der Waals surface area (Å²) in [5, 5.41) is 6.50. The summed E-state index contributed by atoms with van der Waals surface area (Å²) in [5.41, 5.74) is 15.5. The third-order valence-electron chi connectivity index (χ3n) is 12.1. The highest BCUT2D eigenvalue weighted by atomic mass is 15.0. The van der Waals surface area contributed by atoms with Crippen LogP contribution in [0.15, 0.2) is 164 Å². The zero-order chi connectivity index (χ0) is 35.3. The predicted molar refractivity (Wildman–Crippen MR) is 223 cm³/mol. The number of hydrogen-bond donors (Lipinski definition) is 0. The Balaban J connectivity index is 1.06. The number of rotatable bonds is 4. The van der Waals surface area contributed by atoms with Crippen molar-refractivity contribution in [3.8, 4) is 33.6 Å². The number of fused-ring (bicyclic) bond motifs is 9. The van der Waals surface area contributed by atoms with Crippen molar-refractivity contribution >= 4 is 44.9 Å². The number of hydrogen-bond acceptors (Lipinski definition) is 0. The SMILES string of the molecule is CC1(C)c2ccccc2-c2cc(-n3c4ccccc4c4cc(C5C=c6c(n(-c7ccccc7-c7ccccc7)c7ccccc67)=CC5)ccc43)ccc21. The average molecular weight is 679 g/mol. The van der Waals surface area contributed by atoms with E-state index in [2.05, 4.69) is 199 Å². The van der Waals surface area contributed by atoms with Crippen LogP contribution in [0.4, 0.5) is 0 Å². The van der Waals surface area contributed by atoms with Crippen molar-refractivity contribution in [1.82, 2.24) is 9.13 Å². The van der Waals surface area contributed by atoms with Crippen molar-refractivity contribution in [2.45, 2.75) is 31.6 Å². The van der Waals surface area contributed by atoms with E-state index in [-0.39, 0.29) is 11.3 Å². The molecule has 0 fully saturated rings. The molecule has 0 saturated carbocycles. The molecular formula is C51H38N2. The molecule has 2 aromatic heterocycles. The molecule has 0 radical (unpaired) electrons. The maximum absolute atomic E-state index is 2.53. The van der Waals surface area contributed by atoms with Crippen LogP contribution in [0.25, 0.3) is 78.5 Å². The summed E-state index contributed by atoms with van der Waals surface area (Å²) in [4.78, 5) is 0. The van der Waals surface area contributed by atoms with Gasteiger partial charge in [0.05, 0.1) is 22.2 Å². The number of aromatic nitrogens is 2. The monoisotopic (exact) mass is 678 g/mol. The van der Waals surface area contributed by atoms with Gasteiger partial charge in [0.25, 0.3) is 0 Å². The van der Waals surface area contributed by atoms with E-state index in [1.807, 2.05) is 0 Å². The largest absolute Gasteiger partial charge is 0.309 e. The Morgan fingerprint density at radius 3 is 2.02 bits per heavy atom. The molecule has 1 atom stereocenters. The minimum Gasteiger partial charge on any atom is -0.309 e. The quantitative estimate of drug-likeness (QED) is 0.175. The van der Waals surface area contributed by atoms with Crippen molar-refractivity contribution < 1.29 is 0 Å². The minimum atomic E-state index is -0.00879. The van der Waals surface area contributed by atoms with Gasteiger partial charge < -0.3 is 9.13 Å². The summed E-state index contributed by atoms with van der Waals surface area (Å²) in [5.74, 6) is 0.274. The van der Waals surface area contributed by atoms with Crippen LogP contribution in [0.1, 0.15) is 42.9 Å². The third-order valence-corrected chi connectivity index (χ3v) is 12.1. The highest BCUT2D eigenvalue weighted by Gasteiger charge is 2.35. The zero-order valence-corrected chi connectivity index (χ0v) is 29.9. The Morgan fingerprint density at radius 1 is 0.509 bits per heavy atom. The van der Waals surface area contributed by atoms with Gasteiger partial charge in [-0.05, 0) is 82.3 Å². The fourth-order valence-corrected chi connectivity index (χ4v) is 9.54. The molecule has 252 valence electrons. The molecule has 2 aliphatic carbocycles. The maximum Gasteiger partial charge on any atom is 0.0541 e. The molecule has 53 heavy (non-hydrogen) atoms. The van der Waals surface area contributed by atoms with Gasteiger partial charge in [-0.15, -0.1) is 0 Å². The van der Waals surface area contributed by atoms with Crippen LogP contribution < -0.4 is 10.6 Å². The fourth-order valence-electron chi connectivity index (χ4n) is 9.54. The van der Waals surface area contributed by atoms with Gasteiger partial charge in [-0.2, -0.15) is 0 Å². The van der Waals surface area contributed by atoms with Gasteiger partial charge >= 0.3 is 0 Å². The molecule has 9 aromatic rings. The predicted octanol–water partition coefficient (Wildman–Crippen LogP) is 11.4. The molecule has 0 spiro atoms. The molecule has 2 heteroatoms. The first kappa shape index (κ1) is 30.3. The second-order valence-corrected chi connectivity index (χ2v) is 15.3. The Labute approximate surface area is 309 Å². The summed E-state index contributed by atoms with van der Waals surface area (Å²) in [6, 6.07) is 60.6. The lowest BCUT2D eigenvalue weighted by Gasteiger charge is -2.21. The molecule has 2 heterocycles. The van der Waals surface area contributed by atoms with E-state index in [9.17, 15) is 0 Å². The normalized spacial score (nSPS) is 15.5. The van der Waals surface area contributed by atoms with Crippen LogP contribution in [0.5, 0.6) is 0 Å². The lowest BCUT2D eigenvalue weighted by molar-refractivity contribution is 0.660. The Hall–Kier alpha value is -6.38. The standard InChI is InChI=1S/C51H38N2/c1-51(2)44-20-10-6-17-38(44)41-32-36(26-27-45(41)51)52-47-22-12-8-18-39(47)42-30-34(24-28-49(42)52)35-25-29-50-43(31-35)40-19-9-13-23-48(40)53(50)46-21-11-7-16-37(46)33-14-4-3-5-15-33/h3-24,26-32,35H,25H2,1-2H3. The molecule has 2 nitrogen and oxygen atoms in total. The molecule has 0 amide bonds. The van der Waals surface area contributed by atoms with Crippen LogP contribution in [-0.4, -0.2) is 9.13 Å². The van der Waals surface area contributed by atoms with E-state index in [0.717, 1.165) is 6.42 Å². The van der Waals surface area contributed by atoms with Crippen LogP contribution in [0, 0.1) is 0 Å². The van der Waals surface area contributed by atoms with Gasteiger partial charge in [-0.1, -0.05) is 147 Å². The number of benzene rings is 7. The van der Waals surface area contributed by atoms with Crippen molar-refractivity contribution in [2.75, 3.05) is 0 Å². The lowest BCUT2D eigenvalue weighted by Crippen LogP contribution is -2.32. The average Bonchev–Trinajstić information content (AvgIpc) is 3.80. The van der Waals surface area contributed by atoms with Crippen LogP contribution in [-0.2, 0) is 5.41 Å². The van der Waals surface area contributed by atoms with E-state index in [4.69, 9.17) is 0 Å². The Bertz CT molecular complexity index is 3060. The third kappa shape index (κ3) is 4.39. The van der Waals surface area contributed by atoms with Gasteiger partial charge in [0, 0.05) is 49.3 Å². The van der Waals surface area contributed by atoms with Gasteiger partial charge in [0.1, 0.15) is 0 Å². The second kappa shape index (κ2) is 11.3. The maximum atomic E-state index is 2.53. The minimum absolute atomic E-state index is 0.00879. The molecule has 1 unspecified atom stereocenters. The van der Waals surface area contributed by atoms with Gasteiger partial charge in [0.15, 0.2) is 0 Å². The zero-order valence-electron chi connectivity index (χ0n) is 29.9. The highest BCUT2D eigenvalue weighted by Crippen LogP contribution is 2.49. The first-order chi connectivity index (χ1) is 26.1. The molecule has 11 rings (SSSR count). The Kier molecular flexibility index (Phi) is 6.46. The van der Waals surface area contributed by atoms with E-state index in [1.54, 1.807) is 0 Å². The highest BCUT2D eigenvalue weighted by molar-refractivity contribution is 6.09. The first-order valence-corrected chi connectivity index (χ1v) is 18.8. The molecular weight excluding hydrogens is 641 g/mol. The molecule has 0 bridgehead atoms. The summed E-state index contributed by atoms with van der Waals surface area (Å²) in [6.07, 6.45) is 5.94. The molecule has 0 aliphatic heterocycles. The van der Waals surface area contributed by atoms with Crippen LogP contribution in [0.3, 0.4) is 0 Å². The van der Waals surface area contributed by atoms with Crippen molar-refractivity contribution in [1.29, 1.82) is 0 Å². The summed E-state index contributed by atoms with van der Waals surface area (Å²) < 4.78 is 4.95. The Morgan fingerprint density at radius 2 is 1.17 bits per heavy atom. The lowest BCUT2D eigenvalue weighted by atomic mass is 9.82. The second-order valence-electron chi connectivity index (χ2n) is 15.3. The van der Waals surface area contributed by atoms with Gasteiger partial charge in [-0.3, -0.25) is 0 Å². The summed E-state index contributed by atoms with van der Waals surface area (Å²) in [7, 11) is 0. The molecule has 2 aliphatic rings. The van der Waals surface area contributed by atoms with Crippen molar-refractivity contribution in [3.63, 3.8) is 0 Å². The molecule has 0 N–H and O–H groups in total. The number of para-hydroxylation sites is 3. The molecule has 7 aromatic carbocycles. The topological polar surface area (TPSA) is 9.86 Å². The summed E-state index contributed by atoms with van der Waals surface area (Å²) in [6.45, 7) is 4.70. The van der Waals surface area contributed by atoms with E-state index >= 15 is 0 Å². The van der Waals surface area contributed by atoms with E-state index in [1.165, 1.54) is 93.6 Å². The van der Waals surface area contributed by atoms with E-state index < -0.39 is 0 Å². The van der Waals surface area contributed by atoms with Crippen LogP contribution >= 0.6 is 0 Å². The van der Waals surface area contributed by atoms with Crippen molar-refractivity contribution in [2.24, 2.45) is 0 Å². The summed E-state index contributed by atoms with van der Waals surface area (Å²) >= 11 is 0. The number of nitrogens with zero attached hydrogens (tertiary/aromatic N) is 2. The van der Waals surface area contributed by atoms with E-state index in [0.29, 0.717) is 0 Å². The fraction of sp³-hybridized carbons (Fsp3) is 0.0980. The molecule has 0 saturated heterocycles. The van der Waals surface area contributed by atoms with Gasteiger partial charge in [-0.25, -0.2) is 0 Å². The first-order valence-electron chi connectivity index (χ1n) is 18.8.